The van der Waals surface area contributed by atoms with Gasteiger partial charge < -0.3 is 10.2 Å². The third-order valence-corrected chi connectivity index (χ3v) is 4.28. The second-order valence-corrected chi connectivity index (χ2v) is 6.67. The first-order valence-corrected chi connectivity index (χ1v) is 9.15. The van der Waals surface area contributed by atoms with E-state index in [9.17, 15) is 9.59 Å². The van der Waals surface area contributed by atoms with Crippen LogP contribution in [-0.2, 0) is 13.1 Å². The molecule has 0 saturated heterocycles. The number of nitrogens with zero attached hydrogens (tertiary/aromatic N) is 5. The topological polar surface area (TPSA) is 85.1 Å². The number of carbonyl (C=O) groups is 1. The quantitative estimate of drug-likeness (QED) is 0.679. The molecule has 2 heterocycles. The lowest BCUT2D eigenvalue weighted by Crippen LogP contribution is -2.26. The Kier molecular flexibility index (Phi) is 5.88. The lowest BCUT2D eigenvalue weighted by atomic mass is 10.2. The Labute approximate surface area is 163 Å². The highest BCUT2D eigenvalue weighted by Crippen LogP contribution is 2.15. The van der Waals surface area contributed by atoms with Gasteiger partial charge >= 0.3 is 0 Å². The van der Waals surface area contributed by atoms with Crippen LogP contribution in [0.25, 0.3) is 0 Å². The molecule has 1 amide bonds. The van der Waals surface area contributed by atoms with E-state index in [1.54, 1.807) is 16.9 Å². The number of amides is 1. The van der Waals surface area contributed by atoms with Crippen LogP contribution >= 0.6 is 0 Å². The normalized spacial score (nSPS) is 10.7. The molecule has 0 spiro atoms. The van der Waals surface area contributed by atoms with E-state index in [2.05, 4.69) is 15.5 Å². The molecule has 1 aromatic carbocycles. The van der Waals surface area contributed by atoms with Crippen molar-refractivity contribution in [2.45, 2.75) is 26.4 Å². The zero-order valence-electron chi connectivity index (χ0n) is 16.3. The molecule has 0 atom stereocenters. The molecule has 0 saturated carbocycles. The van der Waals surface area contributed by atoms with Crippen LogP contribution in [-0.4, -0.2) is 39.6 Å². The highest BCUT2D eigenvalue weighted by Gasteiger charge is 2.13. The van der Waals surface area contributed by atoms with E-state index >= 15 is 0 Å². The molecular weight excluding hydrogens is 356 g/mol. The summed E-state index contributed by atoms with van der Waals surface area (Å²) in [4.78, 5) is 26.4. The molecule has 3 rings (SSSR count). The highest BCUT2D eigenvalue weighted by atomic mass is 16.2. The Morgan fingerprint density at radius 1 is 1.07 bits per heavy atom. The third kappa shape index (κ3) is 4.46. The first-order chi connectivity index (χ1) is 13.5. The fourth-order valence-corrected chi connectivity index (χ4v) is 2.76. The number of aromatic nitrogens is 4. The van der Waals surface area contributed by atoms with Crippen LogP contribution in [0, 0.1) is 0 Å². The van der Waals surface area contributed by atoms with Gasteiger partial charge in [-0.3, -0.25) is 9.59 Å². The van der Waals surface area contributed by atoms with Crippen molar-refractivity contribution >= 4 is 17.4 Å². The Bertz CT molecular complexity index is 1000. The maximum absolute atomic E-state index is 12.6. The SMILES string of the molecule is CCCn1nc(C(=O)Nc2ccnn2Cc2ccc(N(C)C)cc2)ccc1=O. The van der Waals surface area contributed by atoms with Gasteiger partial charge in [0.15, 0.2) is 0 Å². The number of nitrogens with one attached hydrogen (secondary N) is 1. The molecule has 0 aliphatic carbocycles. The molecule has 8 heteroatoms. The van der Waals surface area contributed by atoms with Crippen molar-refractivity contribution in [1.82, 2.24) is 19.6 Å². The van der Waals surface area contributed by atoms with Gasteiger partial charge in [0.2, 0.25) is 0 Å². The van der Waals surface area contributed by atoms with Crippen molar-refractivity contribution in [2.24, 2.45) is 0 Å². The Hall–Kier alpha value is -3.42. The second-order valence-electron chi connectivity index (χ2n) is 6.67. The Morgan fingerprint density at radius 2 is 1.82 bits per heavy atom. The van der Waals surface area contributed by atoms with Crippen molar-refractivity contribution in [2.75, 3.05) is 24.3 Å². The van der Waals surface area contributed by atoms with Crippen LogP contribution in [0.2, 0.25) is 0 Å². The van der Waals surface area contributed by atoms with Gasteiger partial charge in [0.25, 0.3) is 11.5 Å². The van der Waals surface area contributed by atoms with Crippen molar-refractivity contribution < 1.29 is 4.79 Å². The summed E-state index contributed by atoms with van der Waals surface area (Å²) in [5.74, 6) is 0.186. The number of anilines is 2. The molecule has 0 aliphatic rings. The van der Waals surface area contributed by atoms with Gasteiger partial charge in [0, 0.05) is 38.5 Å². The highest BCUT2D eigenvalue weighted by molar-refractivity contribution is 6.02. The number of benzene rings is 1. The van der Waals surface area contributed by atoms with E-state index in [-0.39, 0.29) is 17.2 Å². The van der Waals surface area contributed by atoms with Crippen molar-refractivity contribution in [3.05, 3.63) is 70.3 Å². The minimum Gasteiger partial charge on any atom is -0.378 e. The summed E-state index contributed by atoms with van der Waals surface area (Å²) in [6.07, 6.45) is 2.40. The molecule has 28 heavy (non-hydrogen) atoms. The number of rotatable bonds is 7. The predicted molar refractivity (Wildman–Crippen MR) is 109 cm³/mol. The Balaban J connectivity index is 1.74. The molecule has 0 bridgehead atoms. The van der Waals surface area contributed by atoms with Crippen molar-refractivity contribution in [1.29, 1.82) is 0 Å². The van der Waals surface area contributed by atoms with Crippen LogP contribution in [0.15, 0.2) is 53.5 Å². The van der Waals surface area contributed by atoms with E-state index in [0.717, 1.165) is 17.7 Å². The van der Waals surface area contributed by atoms with Gasteiger partial charge in [-0.05, 0) is 30.2 Å². The summed E-state index contributed by atoms with van der Waals surface area (Å²) < 4.78 is 3.02. The molecule has 1 N–H and O–H groups in total. The lowest BCUT2D eigenvalue weighted by molar-refractivity contribution is 0.101. The summed E-state index contributed by atoms with van der Waals surface area (Å²) in [5, 5.41) is 11.3. The van der Waals surface area contributed by atoms with Gasteiger partial charge in [-0.2, -0.15) is 10.2 Å². The third-order valence-electron chi connectivity index (χ3n) is 4.28. The number of hydrogen-bond acceptors (Lipinski definition) is 5. The fraction of sp³-hybridized carbons (Fsp3) is 0.300. The first kappa shape index (κ1) is 19.3. The minimum absolute atomic E-state index is 0.191. The molecular formula is C20H24N6O2. The number of carbonyl (C=O) groups excluding carboxylic acids is 1. The van der Waals surface area contributed by atoms with E-state index in [4.69, 9.17) is 0 Å². The van der Waals surface area contributed by atoms with Gasteiger partial charge in [-0.1, -0.05) is 19.1 Å². The summed E-state index contributed by atoms with van der Waals surface area (Å²) >= 11 is 0. The molecule has 0 radical (unpaired) electrons. The van der Waals surface area contributed by atoms with E-state index < -0.39 is 0 Å². The zero-order chi connectivity index (χ0) is 20.1. The fourth-order valence-electron chi connectivity index (χ4n) is 2.76. The standard InChI is InChI=1S/C20H24N6O2/c1-4-13-25-19(27)10-9-17(23-25)20(28)22-18-11-12-21-26(18)14-15-5-7-16(8-6-15)24(2)3/h5-12H,4,13-14H2,1-3H3,(H,22,28). The van der Waals surface area contributed by atoms with Gasteiger partial charge in [-0.25, -0.2) is 9.36 Å². The van der Waals surface area contributed by atoms with E-state index in [1.165, 1.54) is 16.8 Å². The maximum Gasteiger partial charge on any atom is 0.277 e. The molecule has 0 unspecified atom stereocenters. The lowest BCUT2D eigenvalue weighted by Gasteiger charge is -2.13. The van der Waals surface area contributed by atoms with Crippen LogP contribution in [0.4, 0.5) is 11.5 Å². The minimum atomic E-state index is -0.380. The number of aryl methyl sites for hydroxylation is 1. The predicted octanol–water partition coefficient (Wildman–Crippen LogP) is 2.22. The monoisotopic (exact) mass is 380 g/mol. The van der Waals surface area contributed by atoms with Gasteiger partial charge in [0.05, 0.1) is 12.7 Å². The number of hydrogen-bond donors (Lipinski definition) is 1. The summed E-state index contributed by atoms with van der Waals surface area (Å²) in [7, 11) is 3.99. The van der Waals surface area contributed by atoms with E-state index in [1.807, 2.05) is 50.2 Å². The molecule has 0 fully saturated rings. The molecule has 8 nitrogen and oxygen atoms in total. The Morgan fingerprint density at radius 3 is 2.50 bits per heavy atom. The first-order valence-electron chi connectivity index (χ1n) is 9.15. The van der Waals surface area contributed by atoms with Crippen LogP contribution in [0.1, 0.15) is 29.4 Å². The second kappa shape index (κ2) is 8.51. The summed E-state index contributed by atoms with van der Waals surface area (Å²) in [6, 6.07) is 12.7. The smallest absolute Gasteiger partial charge is 0.277 e. The van der Waals surface area contributed by atoms with Crippen molar-refractivity contribution in [3.63, 3.8) is 0 Å². The van der Waals surface area contributed by atoms with Gasteiger partial charge in [0.1, 0.15) is 11.5 Å². The molecule has 3 aromatic rings. The maximum atomic E-state index is 12.6. The average molecular weight is 380 g/mol. The summed E-state index contributed by atoms with van der Waals surface area (Å²) in [5.41, 5.74) is 2.16. The van der Waals surface area contributed by atoms with Crippen LogP contribution in [0.3, 0.4) is 0 Å². The summed E-state index contributed by atoms with van der Waals surface area (Å²) in [6.45, 7) is 2.95. The van der Waals surface area contributed by atoms with E-state index in [0.29, 0.717) is 18.9 Å². The largest absolute Gasteiger partial charge is 0.378 e. The van der Waals surface area contributed by atoms with Crippen molar-refractivity contribution in [3.8, 4) is 0 Å². The van der Waals surface area contributed by atoms with Crippen LogP contribution in [0.5, 0.6) is 0 Å². The van der Waals surface area contributed by atoms with Crippen LogP contribution < -0.4 is 15.8 Å². The molecule has 0 aliphatic heterocycles. The molecule has 2 aromatic heterocycles. The average Bonchev–Trinajstić information content (AvgIpc) is 3.10. The zero-order valence-corrected chi connectivity index (χ0v) is 16.3. The van der Waals surface area contributed by atoms with Gasteiger partial charge in [-0.15, -0.1) is 0 Å². The molecule has 146 valence electrons.